The van der Waals surface area contributed by atoms with Gasteiger partial charge in [-0.1, -0.05) is 182 Å². The minimum absolute atomic E-state index is 0.274. The van der Waals surface area contributed by atoms with Crippen LogP contribution in [0, 0.1) is 26.7 Å². The molecule has 0 unspecified atom stereocenters. The smallest absolute Gasteiger partial charge is 0.0874 e. The number of nitrogens with zero attached hydrogens (tertiary/aromatic N) is 1. The predicted molar refractivity (Wildman–Crippen MR) is 242 cm³/mol. The number of nitrogens with one attached hydrogen (secondary N) is 1. The molecule has 284 valence electrons. The quantitative estimate of drug-likeness (QED) is 0.107. The van der Waals surface area contributed by atoms with Crippen molar-refractivity contribution in [2.24, 2.45) is 10.9 Å². The maximum absolute atomic E-state index is 5.78. The van der Waals surface area contributed by atoms with Crippen molar-refractivity contribution in [3.05, 3.63) is 267 Å². The Bertz CT molecular complexity index is 2480. The lowest BCUT2D eigenvalue weighted by molar-refractivity contribution is 0.391. The van der Waals surface area contributed by atoms with Crippen LogP contribution in [0.2, 0.25) is 0 Å². The van der Waals surface area contributed by atoms with E-state index in [1.807, 2.05) is 0 Å². The van der Waals surface area contributed by atoms with E-state index in [9.17, 15) is 0 Å². The maximum Gasteiger partial charge on any atom is 0.0874 e. The molecular weight excluding hydrogens is 701 g/mol. The minimum atomic E-state index is -0.644. The highest BCUT2D eigenvalue weighted by atomic mass is 14.8. The Hall–Kier alpha value is -6.51. The number of hydrogen-bond donors (Lipinski definition) is 1. The number of rotatable bonds is 10. The summed E-state index contributed by atoms with van der Waals surface area (Å²) in [6, 6.07) is 64.2. The van der Waals surface area contributed by atoms with Crippen molar-refractivity contribution < 1.29 is 0 Å². The highest BCUT2D eigenvalue weighted by Crippen LogP contribution is 2.50. The van der Waals surface area contributed by atoms with Gasteiger partial charge in [-0.25, -0.2) is 0 Å². The number of allylic oxidation sites excluding steroid dienone is 4. The standard InChI is InChI=1S/C56H50N2/c1-40-38-41(2)53(42(3)39-40)54(49-34-36-51(57-49)55(43-22-10-4-11-23-43,44-24-12-5-13-25-44)45-26-14-6-15-27-45)50-35-37-52(58-50)56(46-28-16-7-17-29-46,47-30-18-8-19-31-47)48-32-20-9-21-33-48/h4-8,10-20,22-32,34-39,48,58H,9,21,33H2,1-3H3/b54-49+/t48-/m0/s1. The van der Waals surface area contributed by atoms with E-state index in [0.717, 1.165) is 35.5 Å². The molecule has 0 fully saturated rings. The third-order valence-corrected chi connectivity index (χ3v) is 12.5. The minimum Gasteiger partial charge on any atom is -0.357 e. The molecule has 1 N–H and O–H groups in total. The van der Waals surface area contributed by atoms with Crippen LogP contribution in [-0.2, 0) is 10.8 Å². The first kappa shape index (κ1) is 37.1. The number of aliphatic imine (C=N–C) groups is 1. The van der Waals surface area contributed by atoms with Crippen molar-refractivity contribution in [3.63, 3.8) is 0 Å². The molecule has 0 saturated heterocycles. The van der Waals surface area contributed by atoms with Crippen LogP contribution >= 0.6 is 0 Å². The van der Waals surface area contributed by atoms with Crippen molar-refractivity contribution in [2.75, 3.05) is 0 Å². The van der Waals surface area contributed by atoms with Crippen molar-refractivity contribution in [2.45, 2.75) is 50.9 Å². The summed E-state index contributed by atoms with van der Waals surface area (Å²) in [5, 5.41) is 0. The molecule has 0 saturated carbocycles. The molecule has 0 radical (unpaired) electrons. The molecular formula is C56H50N2. The molecule has 0 bridgehead atoms. The van der Waals surface area contributed by atoms with Crippen LogP contribution in [0.5, 0.6) is 0 Å². The first-order valence-electron chi connectivity index (χ1n) is 20.7. The lowest BCUT2D eigenvalue weighted by Gasteiger charge is -2.41. The van der Waals surface area contributed by atoms with Crippen molar-refractivity contribution in [1.82, 2.24) is 4.98 Å². The zero-order valence-electron chi connectivity index (χ0n) is 33.7. The monoisotopic (exact) mass is 750 g/mol. The van der Waals surface area contributed by atoms with E-state index in [-0.39, 0.29) is 5.92 Å². The molecule has 2 heterocycles. The van der Waals surface area contributed by atoms with Crippen LogP contribution in [0.3, 0.4) is 0 Å². The molecule has 2 heteroatoms. The number of aromatic amines is 1. The van der Waals surface area contributed by atoms with Gasteiger partial charge in [-0.3, -0.25) is 4.99 Å². The largest absolute Gasteiger partial charge is 0.357 e. The Labute approximate surface area is 344 Å². The van der Waals surface area contributed by atoms with E-state index in [0.29, 0.717) is 0 Å². The molecule has 1 atom stereocenters. The summed E-state index contributed by atoms with van der Waals surface area (Å²) in [7, 11) is 0. The van der Waals surface area contributed by atoms with Crippen LogP contribution < -0.4 is 0 Å². The van der Waals surface area contributed by atoms with Gasteiger partial charge in [0.05, 0.1) is 22.2 Å². The van der Waals surface area contributed by atoms with Gasteiger partial charge >= 0.3 is 0 Å². The van der Waals surface area contributed by atoms with Gasteiger partial charge in [-0.2, -0.15) is 0 Å². The van der Waals surface area contributed by atoms with Gasteiger partial charge < -0.3 is 4.98 Å². The average molecular weight is 751 g/mol. The van der Waals surface area contributed by atoms with Crippen molar-refractivity contribution in [1.29, 1.82) is 0 Å². The molecule has 1 aromatic heterocycles. The first-order chi connectivity index (χ1) is 28.5. The number of aromatic nitrogens is 1. The Balaban J connectivity index is 1.33. The third-order valence-electron chi connectivity index (χ3n) is 12.5. The fourth-order valence-corrected chi connectivity index (χ4v) is 10.1. The number of aryl methyl sites for hydroxylation is 3. The van der Waals surface area contributed by atoms with E-state index in [1.165, 1.54) is 62.2 Å². The fraction of sp³-hybridized carbons (Fsp3) is 0.161. The van der Waals surface area contributed by atoms with Crippen LogP contribution in [-0.4, -0.2) is 10.7 Å². The van der Waals surface area contributed by atoms with Crippen LogP contribution in [0.4, 0.5) is 0 Å². The molecule has 1 aliphatic heterocycles. The second-order valence-corrected chi connectivity index (χ2v) is 16.0. The summed E-state index contributed by atoms with van der Waals surface area (Å²) < 4.78 is 0. The first-order valence-corrected chi connectivity index (χ1v) is 20.7. The molecule has 7 aromatic rings. The predicted octanol–water partition coefficient (Wildman–Crippen LogP) is 13.4. The molecule has 2 nitrogen and oxygen atoms in total. The van der Waals surface area contributed by atoms with Crippen LogP contribution in [0.15, 0.2) is 211 Å². The SMILES string of the molecule is Cc1cc(C)c(/C(=C2\C=CC(C(c3ccccc3)(c3ccccc3)c3ccccc3)=N2)c2ccc(C(c3ccccc3)(c3ccccc3)[C@H]3C=CCCC3)[nH]2)c(C)c1. The maximum atomic E-state index is 5.78. The van der Waals surface area contributed by atoms with Gasteiger partial charge in [0.1, 0.15) is 0 Å². The average Bonchev–Trinajstić information content (AvgIpc) is 3.97. The van der Waals surface area contributed by atoms with Gasteiger partial charge in [0.2, 0.25) is 0 Å². The normalized spacial score (nSPS) is 16.3. The van der Waals surface area contributed by atoms with Gasteiger partial charge in [0.15, 0.2) is 0 Å². The Kier molecular flexibility index (Phi) is 10.1. The fourth-order valence-electron chi connectivity index (χ4n) is 10.1. The van der Waals surface area contributed by atoms with E-state index in [1.54, 1.807) is 0 Å². The highest BCUT2D eigenvalue weighted by molar-refractivity contribution is 6.12. The second-order valence-electron chi connectivity index (χ2n) is 16.0. The van der Waals surface area contributed by atoms with Crippen LogP contribution in [0.25, 0.3) is 5.57 Å². The number of benzene rings is 6. The van der Waals surface area contributed by atoms with E-state index in [4.69, 9.17) is 4.99 Å². The third kappa shape index (κ3) is 6.34. The molecule has 9 rings (SSSR count). The summed E-state index contributed by atoms with van der Waals surface area (Å²) in [6.07, 6.45) is 12.8. The van der Waals surface area contributed by atoms with Crippen molar-refractivity contribution in [3.8, 4) is 0 Å². The van der Waals surface area contributed by atoms with E-state index < -0.39 is 10.8 Å². The number of hydrogen-bond acceptors (Lipinski definition) is 1. The Morgan fingerprint density at radius 1 is 0.569 bits per heavy atom. The highest BCUT2D eigenvalue weighted by Gasteiger charge is 2.45. The summed E-state index contributed by atoms with van der Waals surface area (Å²) >= 11 is 0. The zero-order valence-corrected chi connectivity index (χ0v) is 33.7. The summed E-state index contributed by atoms with van der Waals surface area (Å²) in [5.74, 6) is 0.274. The number of H-pyrrole nitrogens is 1. The van der Waals surface area contributed by atoms with Gasteiger partial charge in [-0.15, -0.1) is 0 Å². The van der Waals surface area contributed by atoms with Crippen LogP contribution in [0.1, 0.15) is 80.7 Å². The van der Waals surface area contributed by atoms with E-state index >= 15 is 0 Å². The molecule has 2 aliphatic rings. The summed E-state index contributed by atoms with van der Waals surface area (Å²) in [6.45, 7) is 6.68. The zero-order chi connectivity index (χ0) is 39.5. The summed E-state index contributed by atoms with van der Waals surface area (Å²) in [4.78, 5) is 9.93. The van der Waals surface area contributed by atoms with Gasteiger partial charge in [-0.05, 0) is 115 Å². The lowest BCUT2D eigenvalue weighted by Crippen LogP contribution is -2.38. The Morgan fingerprint density at radius 2 is 1.05 bits per heavy atom. The van der Waals surface area contributed by atoms with Gasteiger partial charge in [0.25, 0.3) is 0 Å². The Morgan fingerprint density at radius 3 is 1.52 bits per heavy atom. The van der Waals surface area contributed by atoms with Crippen molar-refractivity contribution >= 4 is 11.3 Å². The second kappa shape index (κ2) is 15.8. The molecule has 58 heavy (non-hydrogen) atoms. The molecule has 1 aliphatic carbocycles. The van der Waals surface area contributed by atoms with Gasteiger partial charge in [0, 0.05) is 17.0 Å². The molecule has 0 spiro atoms. The topological polar surface area (TPSA) is 28.1 Å². The summed E-state index contributed by atoms with van der Waals surface area (Å²) in [5.41, 5.74) is 15.3. The van der Waals surface area contributed by atoms with E-state index in [2.05, 4.69) is 226 Å². The molecule has 0 amide bonds. The lowest BCUT2D eigenvalue weighted by atomic mass is 9.61. The molecule has 6 aromatic carbocycles.